The van der Waals surface area contributed by atoms with Crippen molar-refractivity contribution in [3.05, 3.63) is 46.0 Å². The van der Waals surface area contributed by atoms with E-state index in [0.717, 1.165) is 6.33 Å². The van der Waals surface area contributed by atoms with Crippen LogP contribution in [0.25, 0.3) is 0 Å². The highest BCUT2D eigenvalue weighted by Crippen LogP contribution is 2.24. The second kappa shape index (κ2) is 5.54. The SMILES string of the molecule is N#Cc1ccc(NC(=O)c2nc[nH]c2C(=O)O)c(Br)c1. The predicted molar refractivity (Wildman–Crippen MR) is 72.4 cm³/mol. The number of imidazole rings is 1. The van der Waals surface area contributed by atoms with Crippen LogP contribution in [0.3, 0.4) is 0 Å². The number of aromatic amines is 1. The van der Waals surface area contributed by atoms with Crippen molar-refractivity contribution in [2.24, 2.45) is 0 Å². The van der Waals surface area contributed by atoms with Crippen LogP contribution in [0.15, 0.2) is 29.0 Å². The molecule has 0 unspecified atom stereocenters. The van der Waals surface area contributed by atoms with Gasteiger partial charge in [0.25, 0.3) is 5.91 Å². The number of nitriles is 1. The highest BCUT2D eigenvalue weighted by atomic mass is 79.9. The first kappa shape index (κ1) is 13.8. The highest BCUT2D eigenvalue weighted by molar-refractivity contribution is 9.10. The molecule has 1 aromatic heterocycles. The molecule has 0 saturated heterocycles. The molecule has 1 heterocycles. The summed E-state index contributed by atoms with van der Waals surface area (Å²) in [6, 6.07) is 6.57. The second-order valence-electron chi connectivity index (χ2n) is 3.69. The molecule has 0 aliphatic heterocycles. The Bertz CT molecular complexity index is 733. The number of nitrogens with one attached hydrogen (secondary N) is 2. The van der Waals surface area contributed by atoms with E-state index in [9.17, 15) is 9.59 Å². The van der Waals surface area contributed by atoms with Crippen molar-refractivity contribution in [1.29, 1.82) is 5.26 Å². The lowest BCUT2D eigenvalue weighted by Gasteiger charge is -2.06. The van der Waals surface area contributed by atoms with Crippen molar-refractivity contribution < 1.29 is 14.7 Å². The van der Waals surface area contributed by atoms with Gasteiger partial charge in [0.15, 0.2) is 11.4 Å². The van der Waals surface area contributed by atoms with Gasteiger partial charge in [0, 0.05) is 4.47 Å². The number of carbonyl (C=O) groups is 2. The number of hydrogen-bond acceptors (Lipinski definition) is 4. The molecule has 0 spiro atoms. The zero-order valence-corrected chi connectivity index (χ0v) is 11.4. The first-order valence-electron chi connectivity index (χ1n) is 5.30. The van der Waals surface area contributed by atoms with E-state index in [4.69, 9.17) is 10.4 Å². The maximum atomic E-state index is 12.0. The summed E-state index contributed by atoms with van der Waals surface area (Å²) in [5.74, 6) is -1.93. The van der Waals surface area contributed by atoms with Gasteiger partial charge >= 0.3 is 5.97 Å². The quantitative estimate of drug-likeness (QED) is 0.792. The number of aromatic carboxylic acids is 1. The summed E-state index contributed by atoms with van der Waals surface area (Å²) in [5, 5.41) is 20.2. The van der Waals surface area contributed by atoms with Crippen LogP contribution in [0.4, 0.5) is 5.69 Å². The van der Waals surface area contributed by atoms with Gasteiger partial charge in [-0.05, 0) is 34.1 Å². The van der Waals surface area contributed by atoms with E-state index in [1.165, 1.54) is 18.2 Å². The number of carboxylic acids is 1. The molecule has 0 aliphatic carbocycles. The molecular formula is C12H7BrN4O3. The average Bonchev–Trinajstić information content (AvgIpc) is 2.90. The fourth-order valence-corrected chi connectivity index (χ4v) is 1.97. The lowest BCUT2D eigenvalue weighted by Crippen LogP contribution is -2.16. The normalized spacial score (nSPS) is 9.80. The van der Waals surface area contributed by atoms with Gasteiger partial charge in [-0.1, -0.05) is 0 Å². The summed E-state index contributed by atoms with van der Waals surface area (Å²) in [6.07, 6.45) is 1.13. The highest BCUT2D eigenvalue weighted by Gasteiger charge is 2.20. The Hall–Kier alpha value is -2.66. The maximum Gasteiger partial charge on any atom is 0.354 e. The lowest BCUT2D eigenvalue weighted by molar-refractivity contribution is 0.0686. The Balaban J connectivity index is 2.26. The van der Waals surface area contributed by atoms with Crippen molar-refractivity contribution in [2.45, 2.75) is 0 Å². The Kier molecular flexibility index (Phi) is 3.81. The van der Waals surface area contributed by atoms with E-state index < -0.39 is 11.9 Å². The van der Waals surface area contributed by atoms with Gasteiger partial charge in [0.1, 0.15) is 0 Å². The van der Waals surface area contributed by atoms with Crippen LogP contribution in [0.5, 0.6) is 0 Å². The van der Waals surface area contributed by atoms with E-state index in [1.54, 1.807) is 0 Å². The predicted octanol–water partition coefficient (Wildman–Crippen LogP) is 1.99. The summed E-state index contributed by atoms with van der Waals surface area (Å²) in [6.45, 7) is 0. The molecule has 20 heavy (non-hydrogen) atoms. The van der Waals surface area contributed by atoms with Gasteiger partial charge in [0.05, 0.1) is 23.6 Å². The molecule has 0 atom stereocenters. The number of amides is 1. The molecule has 1 amide bonds. The van der Waals surface area contributed by atoms with E-state index in [2.05, 4.69) is 31.2 Å². The van der Waals surface area contributed by atoms with E-state index >= 15 is 0 Å². The molecule has 2 rings (SSSR count). The van der Waals surface area contributed by atoms with Gasteiger partial charge in [0.2, 0.25) is 0 Å². The van der Waals surface area contributed by atoms with Gasteiger partial charge in [-0.25, -0.2) is 9.78 Å². The third-order valence-electron chi connectivity index (χ3n) is 2.41. The number of hydrogen-bond donors (Lipinski definition) is 3. The summed E-state index contributed by atoms with van der Waals surface area (Å²) >= 11 is 3.22. The monoisotopic (exact) mass is 334 g/mol. The molecule has 1 aromatic carbocycles. The molecule has 2 aromatic rings. The van der Waals surface area contributed by atoms with Crippen molar-refractivity contribution in [3.8, 4) is 6.07 Å². The van der Waals surface area contributed by atoms with Crippen molar-refractivity contribution in [2.75, 3.05) is 5.32 Å². The molecule has 7 nitrogen and oxygen atoms in total. The molecule has 100 valence electrons. The van der Waals surface area contributed by atoms with Crippen LogP contribution in [0.1, 0.15) is 26.5 Å². The standard InChI is InChI=1S/C12H7BrN4O3/c13-7-3-6(4-14)1-2-8(7)17-11(18)9-10(12(19)20)16-5-15-9/h1-3,5H,(H,15,16)(H,17,18)(H,19,20). The number of rotatable bonds is 3. The topological polar surface area (TPSA) is 119 Å². The number of carboxylic acid groups (broad SMARTS) is 1. The van der Waals surface area contributed by atoms with Crippen LogP contribution in [-0.4, -0.2) is 27.0 Å². The Morgan fingerprint density at radius 3 is 2.80 bits per heavy atom. The van der Waals surface area contributed by atoms with Crippen molar-refractivity contribution >= 4 is 33.5 Å². The fourth-order valence-electron chi connectivity index (χ4n) is 1.50. The molecule has 0 radical (unpaired) electrons. The number of aromatic nitrogens is 2. The third-order valence-corrected chi connectivity index (χ3v) is 3.07. The molecule has 0 saturated carbocycles. The minimum Gasteiger partial charge on any atom is -0.477 e. The summed E-state index contributed by atoms with van der Waals surface area (Å²) in [5.41, 5.74) is 0.343. The summed E-state index contributed by atoms with van der Waals surface area (Å²) in [4.78, 5) is 28.9. The third kappa shape index (κ3) is 2.67. The number of carbonyl (C=O) groups excluding carboxylic acids is 1. The van der Waals surface area contributed by atoms with Crippen molar-refractivity contribution in [3.63, 3.8) is 0 Å². The Labute approximate surface area is 121 Å². The molecule has 0 bridgehead atoms. The molecular weight excluding hydrogens is 328 g/mol. The van der Waals surface area contributed by atoms with Gasteiger partial charge < -0.3 is 15.4 Å². The molecule has 8 heteroatoms. The molecule has 3 N–H and O–H groups in total. The summed E-state index contributed by atoms with van der Waals surface area (Å²) in [7, 11) is 0. The summed E-state index contributed by atoms with van der Waals surface area (Å²) < 4.78 is 0.511. The molecule has 0 aliphatic rings. The van der Waals surface area contributed by atoms with Gasteiger partial charge in [-0.2, -0.15) is 5.26 Å². The second-order valence-corrected chi connectivity index (χ2v) is 4.55. The van der Waals surface area contributed by atoms with E-state index in [1.807, 2.05) is 6.07 Å². The first-order valence-corrected chi connectivity index (χ1v) is 6.10. The van der Waals surface area contributed by atoms with E-state index in [0.29, 0.717) is 15.7 Å². The van der Waals surface area contributed by atoms with Crippen LogP contribution in [0, 0.1) is 11.3 Å². The Morgan fingerprint density at radius 1 is 1.45 bits per heavy atom. The van der Waals surface area contributed by atoms with E-state index in [-0.39, 0.29) is 11.4 Å². The van der Waals surface area contributed by atoms with Gasteiger partial charge in [-0.3, -0.25) is 4.79 Å². The fraction of sp³-hybridized carbons (Fsp3) is 0. The Morgan fingerprint density at radius 2 is 2.20 bits per heavy atom. The maximum absolute atomic E-state index is 12.0. The number of nitrogens with zero attached hydrogens (tertiary/aromatic N) is 2. The van der Waals surface area contributed by atoms with Crippen LogP contribution in [-0.2, 0) is 0 Å². The number of halogens is 1. The number of benzene rings is 1. The zero-order chi connectivity index (χ0) is 14.7. The largest absolute Gasteiger partial charge is 0.477 e. The zero-order valence-electron chi connectivity index (χ0n) is 9.85. The lowest BCUT2D eigenvalue weighted by atomic mass is 10.2. The van der Waals surface area contributed by atoms with Gasteiger partial charge in [-0.15, -0.1) is 0 Å². The molecule has 0 fully saturated rings. The first-order chi connectivity index (χ1) is 9.52. The van der Waals surface area contributed by atoms with Crippen LogP contribution in [0.2, 0.25) is 0 Å². The van der Waals surface area contributed by atoms with Crippen LogP contribution < -0.4 is 5.32 Å². The number of H-pyrrole nitrogens is 1. The van der Waals surface area contributed by atoms with Crippen LogP contribution >= 0.6 is 15.9 Å². The number of anilines is 1. The minimum atomic E-state index is -1.27. The smallest absolute Gasteiger partial charge is 0.354 e. The average molecular weight is 335 g/mol. The minimum absolute atomic E-state index is 0.214. The van der Waals surface area contributed by atoms with Crippen molar-refractivity contribution in [1.82, 2.24) is 9.97 Å².